The number of nitrogens with zero attached hydrogens (tertiary/aromatic N) is 2. The van der Waals surface area contributed by atoms with Crippen molar-refractivity contribution in [1.82, 2.24) is 14.9 Å². The van der Waals surface area contributed by atoms with E-state index < -0.39 is 0 Å². The zero-order chi connectivity index (χ0) is 18.7. The number of rotatable bonds is 5. The van der Waals surface area contributed by atoms with Gasteiger partial charge in [0.05, 0.1) is 6.04 Å². The first-order valence-corrected chi connectivity index (χ1v) is 8.88. The van der Waals surface area contributed by atoms with Crippen molar-refractivity contribution in [2.45, 2.75) is 40.3 Å². The zero-order valence-electron chi connectivity index (χ0n) is 15.8. The highest BCUT2D eigenvalue weighted by Crippen LogP contribution is 2.19. The Morgan fingerprint density at radius 3 is 2.50 bits per heavy atom. The van der Waals surface area contributed by atoms with E-state index in [1.807, 2.05) is 44.3 Å². The predicted molar refractivity (Wildman–Crippen MR) is 104 cm³/mol. The summed E-state index contributed by atoms with van der Waals surface area (Å²) >= 11 is 0. The number of imidazole rings is 1. The lowest BCUT2D eigenvalue weighted by Gasteiger charge is -2.17. The summed E-state index contributed by atoms with van der Waals surface area (Å²) in [5.41, 5.74) is 5.37. The number of carbonyl (C=O) groups is 1. The number of aryl methyl sites for hydroxylation is 3. The highest BCUT2D eigenvalue weighted by molar-refractivity contribution is 5.94. The largest absolute Gasteiger partial charge is 0.346 e. The minimum atomic E-state index is -0.0521. The van der Waals surface area contributed by atoms with Crippen molar-refractivity contribution in [3.05, 3.63) is 88.5 Å². The molecule has 3 aromatic rings. The summed E-state index contributed by atoms with van der Waals surface area (Å²) in [6.07, 6.45) is 3.76. The van der Waals surface area contributed by atoms with E-state index >= 15 is 0 Å². The van der Waals surface area contributed by atoms with E-state index in [-0.39, 0.29) is 11.9 Å². The fraction of sp³-hybridized carbons (Fsp3) is 0.273. The lowest BCUT2D eigenvalue weighted by Crippen LogP contribution is -2.27. The fourth-order valence-electron chi connectivity index (χ4n) is 3.11. The maximum Gasteiger partial charge on any atom is 0.251 e. The maximum absolute atomic E-state index is 12.6. The van der Waals surface area contributed by atoms with Gasteiger partial charge < -0.3 is 9.88 Å². The average Bonchev–Trinajstić information content (AvgIpc) is 3.02. The number of hydrogen-bond acceptors (Lipinski definition) is 2. The Morgan fingerprint density at radius 2 is 1.85 bits per heavy atom. The van der Waals surface area contributed by atoms with Crippen molar-refractivity contribution in [3.63, 3.8) is 0 Å². The molecule has 0 fully saturated rings. The molecule has 3 rings (SSSR count). The molecule has 0 aliphatic rings. The number of hydrogen-bond donors (Lipinski definition) is 1. The Bertz CT molecular complexity index is 909. The number of aromatic nitrogens is 2. The van der Waals surface area contributed by atoms with E-state index in [0.717, 1.165) is 23.5 Å². The summed E-state index contributed by atoms with van der Waals surface area (Å²) in [5.74, 6) is 0.929. The summed E-state index contributed by atoms with van der Waals surface area (Å²) in [6, 6.07) is 14.1. The molecule has 1 heterocycles. The van der Waals surface area contributed by atoms with Gasteiger partial charge in [0.15, 0.2) is 0 Å². The van der Waals surface area contributed by atoms with Crippen LogP contribution in [0.3, 0.4) is 0 Å². The number of nitrogens with one attached hydrogen (secondary N) is 1. The molecule has 0 aliphatic heterocycles. The van der Waals surface area contributed by atoms with Crippen molar-refractivity contribution >= 4 is 5.91 Å². The van der Waals surface area contributed by atoms with Gasteiger partial charge in [0.2, 0.25) is 0 Å². The standard InChI is InChI=1S/C22H25N3O/c1-15-5-6-16(2)21(13-15)17(3)24-22(26)20-9-7-19(8-10-20)14-25-12-11-23-18(25)4/h5-13,17H,14H2,1-4H3,(H,24,26)/t17-/m1/s1. The van der Waals surface area contributed by atoms with Gasteiger partial charge in [-0.25, -0.2) is 4.98 Å². The van der Waals surface area contributed by atoms with Crippen molar-refractivity contribution in [1.29, 1.82) is 0 Å². The van der Waals surface area contributed by atoms with E-state index in [4.69, 9.17) is 0 Å². The molecular formula is C22H25N3O. The van der Waals surface area contributed by atoms with Crippen LogP contribution >= 0.6 is 0 Å². The Kier molecular flexibility index (Phi) is 5.21. The molecule has 26 heavy (non-hydrogen) atoms. The van der Waals surface area contributed by atoms with Crippen molar-refractivity contribution in [3.8, 4) is 0 Å². The van der Waals surface area contributed by atoms with E-state index in [1.54, 1.807) is 6.20 Å². The second-order valence-corrected chi connectivity index (χ2v) is 6.85. The zero-order valence-corrected chi connectivity index (χ0v) is 15.8. The second-order valence-electron chi connectivity index (χ2n) is 6.85. The summed E-state index contributed by atoms with van der Waals surface area (Å²) in [4.78, 5) is 16.8. The first-order chi connectivity index (χ1) is 12.4. The topological polar surface area (TPSA) is 46.9 Å². The van der Waals surface area contributed by atoms with Crippen LogP contribution in [0.15, 0.2) is 54.9 Å². The van der Waals surface area contributed by atoms with Crippen LogP contribution in [0.25, 0.3) is 0 Å². The molecule has 0 radical (unpaired) electrons. The van der Waals surface area contributed by atoms with Crippen molar-refractivity contribution in [2.24, 2.45) is 0 Å². The van der Waals surface area contributed by atoms with Crippen LogP contribution < -0.4 is 5.32 Å². The molecule has 1 aromatic heterocycles. The molecule has 0 spiro atoms. The Labute approximate surface area is 154 Å². The normalized spacial score (nSPS) is 12.0. The minimum absolute atomic E-state index is 0.0318. The van der Waals surface area contributed by atoms with Crippen LogP contribution in [0.5, 0.6) is 0 Å². The molecule has 0 saturated carbocycles. The third-order valence-electron chi connectivity index (χ3n) is 4.74. The van der Waals surface area contributed by atoms with Gasteiger partial charge in [-0.15, -0.1) is 0 Å². The van der Waals surface area contributed by atoms with Crippen LogP contribution in [-0.4, -0.2) is 15.5 Å². The van der Waals surface area contributed by atoms with Gasteiger partial charge in [0.1, 0.15) is 5.82 Å². The molecule has 1 N–H and O–H groups in total. The molecular weight excluding hydrogens is 322 g/mol. The summed E-state index contributed by atoms with van der Waals surface area (Å²) in [7, 11) is 0. The van der Waals surface area contributed by atoms with Gasteiger partial charge in [0.25, 0.3) is 5.91 Å². The first kappa shape index (κ1) is 17.9. The fourth-order valence-corrected chi connectivity index (χ4v) is 3.11. The second kappa shape index (κ2) is 7.56. The SMILES string of the molecule is Cc1ccc(C)c([C@@H](C)NC(=O)c2ccc(Cn3ccnc3C)cc2)c1. The molecule has 0 unspecified atom stereocenters. The third-order valence-corrected chi connectivity index (χ3v) is 4.74. The van der Waals surface area contributed by atoms with Crippen LogP contribution in [0.4, 0.5) is 0 Å². The lowest BCUT2D eigenvalue weighted by molar-refractivity contribution is 0.0940. The van der Waals surface area contributed by atoms with Gasteiger partial charge in [-0.3, -0.25) is 4.79 Å². The van der Waals surface area contributed by atoms with E-state index in [9.17, 15) is 4.79 Å². The molecule has 4 heteroatoms. The monoisotopic (exact) mass is 347 g/mol. The molecule has 4 nitrogen and oxygen atoms in total. The Morgan fingerprint density at radius 1 is 1.12 bits per heavy atom. The summed E-state index contributed by atoms with van der Waals surface area (Å²) < 4.78 is 2.08. The Hall–Kier alpha value is -2.88. The van der Waals surface area contributed by atoms with Crippen LogP contribution in [0.1, 0.15) is 51.4 Å². The van der Waals surface area contributed by atoms with Gasteiger partial charge in [-0.05, 0) is 56.5 Å². The molecule has 1 atom stereocenters. The number of benzene rings is 2. The van der Waals surface area contributed by atoms with E-state index in [0.29, 0.717) is 5.56 Å². The summed E-state index contributed by atoms with van der Waals surface area (Å²) in [6.45, 7) is 8.90. The highest BCUT2D eigenvalue weighted by atomic mass is 16.1. The van der Waals surface area contributed by atoms with Crippen molar-refractivity contribution < 1.29 is 4.79 Å². The third kappa shape index (κ3) is 4.02. The number of carbonyl (C=O) groups excluding carboxylic acids is 1. The predicted octanol–water partition coefficient (Wildman–Crippen LogP) is 4.35. The first-order valence-electron chi connectivity index (χ1n) is 8.88. The van der Waals surface area contributed by atoms with Crippen LogP contribution in [-0.2, 0) is 6.54 Å². The van der Waals surface area contributed by atoms with Gasteiger partial charge in [-0.2, -0.15) is 0 Å². The smallest absolute Gasteiger partial charge is 0.251 e. The molecule has 0 bridgehead atoms. The van der Waals surface area contributed by atoms with Crippen molar-refractivity contribution in [2.75, 3.05) is 0 Å². The molecule has 1 amide bonds. The van der Waals surface area contributed by atoms with Crippen LogP contribution in [0.2, 0.25) is 0 Å². The minimum Gasteiger partial charge on any atom is -0.346 e. The molecule has 0 aliphatic carbocycles. The van der Waals surface area contributed by atoms with E-state index in [2.05, 4.69) is 46.9 Å². The maximum atomic E-state index is 12.6. The van der Waals surface area contributed by atoms with Gasteiger partial charge in [-0.1, -0.05) is 35.9 Å². The molecule has 0 saturated heterocycles. The highest BCUT2D eigenvalue weighted by Gasteiger charge is 2.13. The quantitative estimate of drug-likeness (QED) is 0.746. The Balaban J connectivity index is 1.68. The van der Waals surface area contributed by atoms with Gasteiger partial charge in [0, 0.05) is 24.5 Å². The lowest BCUT2D eigenvalue weighted by atomic mass is 9.99. The average molecular weight is 347 g/mol. The van der Waals surface area contributed by atoms with E-state index in [1.165, 1.54) is 11.1 Å². The molecule has 134 valence electrons. The van der Waals surface area contributed by atoms with Gasteiger partial charge >= 0.3 is 0 Å². The van der Waals surface area contributed by atoms with Crippen LogP contribution in [0, 0.1) is 20.8 Å². The molecule has 2 aromatic carbocycles. The summed E-state index contributed by atoms with van der Waals surface area (Å²) in [5, 5.41) is 3.10. The number of amides is 1.